The molecule has 0 amide bonds. The summed E-state index contributed by atoms with van der Waals surface area (Å²) >= 11 is 0. The topological polar surface area (TPSA) is 32.8 Å². The standard InChI is InChI=1S/C20H32O2/c1-18-8-5-14(21)11-13(18)3-4-15-16(18)6-9-19(2)17(15)7-10-20(19)12-22-20/h13-17,21H,3-12H2,1-2H3/t13-,14-,15+,16-,17-,18-,19-,20-/m0/s1. The molecule has 124 valence electrons. The maximum absolute atomic E-state index is 10.1. The first kappa shape index (κ1) is 14.3. The van der Waals surface area contributed by atoms with Gasteiger partial charge in [0.25, 0.3) is 0 Å². The summed E-state index contributed by atoms with van der Waals surface area (Å²) in [6.45, 7) is 6.19. The van der Waals surface area contributed by atoms with Crippen molar-refractivity contribution in [3.63, 3.8) is 0 Å². The average Bonchev–Trinajstić information content (AvgIpc) is 3.22. The lowest BCUT2D eigenvalue weighted by Crippen LogP contribution is -2.54. The summed E-state index contributed by atoms with van der Waals surface area (Å²) in [6.07, 6.45) is 11.7. The third kappa shape index (κ3) is 1.59. The maximum Gasteiger partial charge on any atom is 0.0972 e. The Balaban J connectivity index is 1.46. The van der Waals surface area contributed by atoms with Gasteiger partial charge in [0.1, 0.15) is 0 Å². The van der Waals surface area contributed by atoms with Crippen LogP contribution in [0.1, 0.15) is 71.6 Å². The molecule has 0 aromatic rings. The van der Waals surface area contributed by atoms with Gasteiger partial charge in [-0.25, -0.2) is 0 Å². The average molecular weight is 304 g/mol. The molecule has 5 rings (SSSR count). The van der Waals surface area contributed by atoms with E-state index in [1.54, 1.807) is 0 Å². The van der Waals surface area contributed by atoms with Gasteiger partial charge in [-0.15, -0.1) is 0 Å². The number of aliphatic hydroxyl groups excluding tert-OH is 1. The van der Waals surface area contributed by atoms with Gasteiger partial charge in [-0.2, -0.15) is 0 Å². The monoisotopic (exact) mass is 304 g/mol. The lowest BCUT2D eigenvalue weighted by Gasteiger charge is -2.60. The molecule has 0 bridgehead atoms. The first-order chi connectivity index (χ1) is 10.5. The number of rotatable bonds is 0. The normalized spacial score (nSPS) is 63.1. The molecule has 1 spiro atoms. The van der Waals surface area contributed by atoms with Gasteiger partial charge in [-0.05, 0) is 86.9 Å². The molecular weight excluding hydrogens is 272 g/mol. The summed E-state index contributed by atoms with van der Waals surface area (Å²) in [4.78, 5) is 0. The predicted molar refractivity (Wildman–Crippen MR) is 86.4 cm³/mol. The molecule has 0 unspecified atom stereocenters. The van der Waals surface area contributed by atoms with Crippen molar-refractivity contribution >= 4 is 0 Å². The maximum atomic E-state index is 10.1. The zero-order valence-electron chi connectivity index (χ0n) is 14.3. The molecular formula is C20H32O2. The van der Waals surface area contributed by atoms with Gasteiger partial charge in [0.05, 0.1) is 18.3 Å². The van der Waals surface area contributed by atoms with Crippen LogP contribution in [0, 0.1) is 34.5 Å². The molecule has 0 radical (unpaired) electrons. The first-order valence-electron chi connectivity index (χ1n) is 9.81. The predicted octanol–water partition coefficient (Wildman–Crippen LogP) is 4.16. The molecule has 22 heavy (non-hydrogen) atoms. The molecule has 0 aromatic carbocycles. The van der Waals surface area contributed by atoms with Crippen molar-refractivity contribution in [2.75, 3.05) is 6.61 Å². The molecule has 1 saturated heterocycles. The molecule has 1 aliphatic heterocycles. The van der Waals surface area contributed by atoms with Crippen molar-refractivity contribution in [3.8, 4) is 0 Å². The third-order valence-corrected chi connectivity index (χ3v) is 9.42. The summed E-state index contributed by atoms with van der Waals surface area (Å²) < 4.78 is 6.02. The van der Waals surface area contributed by atoms with Crippen molar-refractivity contribution in [2.24, 2.45) is 34.5 Å². The van der Waals surface area contributed by atoms with Crippen LogP contribution in [0.15, 0.2) is 0 Å². The van der Waals surface area contributed by atoms with Crippen molar-refractivity contribution < 1.29 is 9.84 Å². The minimum Gasteiger partial charge on any atom is -0.393 e. The second-order valence-electron chi connectivity index (χ2n) is 9.86. The van der Waals surface area contributed by atoms with Crippen LogP contribution in [0.3, 0.4) is 0 Å². The largest absolute Gasteiger partial charge is 0.393 e. The molecule has 1 N–H and O–H groups in total. The number of fused-ring (bicyclic) bond motifs is 6. The van der Waals surface area contributed by atoms with E-state index in [4.69, 9.17) is 4.74 Å². The highest BCUT2D eigenvalue weighted by molar-refractivity contribution is 5.18. The molecule has 1 heterocycles. The van der Waals surface area contributed by atoms with Gasteiger partial charge in [0.2, 0.25) is 0 Å². The van der Waals surface area contributed by atoms with Gasteiger partial charge < -0.3 is 9.84 Å². The third-order valence-electron chi connectivity index (χ3n) is 9.42. The quantitative estimate of drug-likeness (QED) is 0.682. The van der Waals surface area contributed by atoms with E-state index in [1.165, 1.54) is 44.9 Å². The van der Waals surface area contributed by atoms with Crippen LogP contribution in [0.25, 0.3) is 0 Å². The van der Waals surface area contributed by atoms with E-state index < -0.39 is 0 Å². The number of aliphatic hydroxyl groups is 1. The van der Waals surface area contributed by atoms with E-state index in [0.717, 1.165) is 43.1 Å². The minimum atomic E-state index is -0.0157. The summed E-state index contributed by atoms with van der Waals surface area (Å²) in [7, 11) is 0. The first-order valence-corrected chi connectivity index (χ1v) is 9.81. The Kier molecular flexibility index (Phi) is 2.79. The summed E-state index contributed by atoms with van der Waals surface area (Å²) in [5.41, 5.74) is 1.29. The molecule has 0 aromatic heterocycles. The Hall–Kier alpha value is -0.0800. The van der Waals surface area contributed by atoms with E-state index in [0.29, 0.717) is 16.4 Å². The zero-order chi connectivity index (χ0) is 15.2. The molecule has 2 heteroatoms. The van der Waals surface area contributed by atoms with E-state index in [-0.39, 0.29) is 6.10 Å². The van der Waals surface area contributed by atoms with Crippen molar-refractivity contribution in [1.29, 1.82) is 0 Å². The van der Waals surface area contributed by atoms with Crippen LogP contribution < -0.4 is 0 Å². The highest BCUT2D eigenvalue weighted by atomic mass is 16.6. The van der Waals surface area contributed by atoms with Gasteiger partial charge >= 0.3 is 0 Å². The summed E-state index contributed by atoms with van der Waals surface area (Å²) in [5.74, 6) is 3.57. The molecule has 4 saturated carbocycles. The fraction of sp³-hybridized carbons (Fsp3) is 1.00. The Morgan fingerprint density at radius 3 is 2.45 bits per heavy atom. The van der Waals surface area contributed by atoms with Crippen LogP contribution >= 0.6 is 0 Å². The summed E-state index contributed by atoms with van der Waals surface area (Å²) in [5, 5.41) is 10.1. The van der Waals surface area contributed by atoms with Gasteiger partial charge in [-0.3, -0.25) is 0 Å². The van der Waals surface area contributed by atoms with Crippen LogP contribution in [0.2, 0.25) is 0 Å². The molecule has 8 atom stereocenters. The van der Waals surface area contributed by atoms with Crippen molar-refractivity contribution in [1.82, 2.24) is 0 Å². The van der Waals surface area contributed by atoms with Crippen LogP contribution in [-0.2, 0) is 4.74 Å². The Morgan fingerprint density at radius 2 is 1.68 bits per heavy atom. The number of ether oxygens (including phenoxy) is 1. The second-order valence-corrected chi connectivity index (χ2v) is 9.86. The zero-order valence-corrected chi connectivity index (χ0v) is 14.3. The second kappa shape index (κ2) is 4.30. The lowest BCUT2D eigenvalue weighted by molar-refractivity contribution is -0.128. The lowest BCUT2D eigenvalue weighted by atomic mass is 9.44. The number of hydrogen-bond donors (Lipinski definition) is 1. The smallest absolute Gasteiger partial charge is 0.0972 e. The van der Waals surface area contributed by atoms with Crippen LogP contribution in [0.5, 0.6) is 0 Å². The molecule has 2 nitrogen and oxygen atoms in total. The number of hydrogen-bond acceptors (Lipinski definition) is 2. The Bertz CT molecular complexity index is 484. The Labute approximate surface area is 135 Å². The van der Waals surface area contributed by atoms with Crippen molar-refractivity contribution in [2.45, 2.75) is 83.3 Å². The van der Waals surface area contributed by atoms with Gasteiger partial charge in [0, 0.05) is 5.41 Å². The van der Waals surface area contributed by atoms with Crippen molar-refractivity contribution in [3.05, 3.63) is 0 Å². The van der Waals surface area contributed by atoms with E-state index in [9.17, 15) is 5.11 Å². The fourth-order valence-electron chi connectivity index (χ4n) is 7.89. The molecule has 5 aliphatic rings. The van der Waals surface area contributed by atoms with E-state index >= 15 is 0 Å². The van der Waals surface area contributed by atoms with Crippen LogP contribution in [-0.4, -0.2) is 23.4 Å². The fourth-order valence-corrected chi connectivity index (χ4v) is 7.89. The van der Waals surface area contributed by atoms with E-state index in [2.05, 4.69) is 13.8 Å². The molecule has 4 aliphatic carbocycles. The van der Waals surface area contributed by atoms with E-state index in [1.807, 2.05) is 0 Å². The van der Waals surface area contributed by atoms with Gasteiger partial charge in [-0.1, -0.05) is 13.8 Å². The molecule has 5 fully saturated rings. The highest BCUT2D eigenvalue weighted by Crippen LogP contribution is 2.71. The summed E-state index contributed by atoms with van der Waals surface area (Å²) in [6, 6.07) is 0. The Morgan fingerprint density at radius 1 is 0.909 bits per heavy atom. The highest BCUT2D eigenvalue weighted by Gasteiger charge is 2.69. The minimum absolute atomic E-state index is 0.0157. The van der Waals surface area contributed by atoms with Gasteiger partial charge in [0.15, 0.2) is 0 Å². The SMILES string of the molecule is C[C@]12CC[C@H](O)C[C@@H]1CC[C@@H]1[C@@H]2CC[C@@]2(C)[C@H]1CC[C@]21CO1. The number of epoxide rings is 1. The van der Waals surface area contributed by atoms with Crippen LogP contribution in [0.4, 0.5) is 0 Å².